The van der Waals surface area contributed by atoms with E-state index in [0.717, 1.165) is 44.9 Å². The molecule has 3 aromatic rings. The van der Waals surface area contributed by atoms with Crippen LogP contribution < -0.4 is 14.8 Å². The number of hydrogen-bond donors (Lipinski definition) is 1. The van der Waals surface area contributed by atoms with Gasteiger partial charge in [0.2, 0.25) is 0 Å². The van der Waals surface area contributed by atoms with Gasteiger partial charge in [-0.2, -0.15) is 0 Å². The van der Waals surface area contributed by atoms with E-state index in [1.165, 1.54) is 11.1 Å². The first-order chi connectivity index (χ1) is 17.7. The molecule has 0 bridgehead atoms. The van der Waals surface area contributed by atoms with Crippen molar-refractivity contribution in [3.05, 3.63) is 95.6 Å². The number of hydrogen-bond acceptors (Lipinski definition) is 3. The van der Waals surface area contributed by atoms with Crippen molar-refractivity contribution in [1.82, 2.24) is 5.32 Å². The molecule has 0 spiro atoms. The van der Waals surface area contributed by atoms with Gasteiger partial charge < -0.3 is 14.8 Å². The van der Waals surface area contributed by atoms with E-state index in [9.17, 15) is 4.79 Å². The van der Waals surface area contributed by atoms with E-state index in [-0.39, 0.29) is 11.8 Å². The van der Waals surface area contributed by atoms with E-state index in [0.29, 0.717) is 36.8 Å². The molecule has 4 nitrogen and oxygen atoms in total. The van der Waals surface area contributed by atoms with Crippen molar-refractivity contribution >= 4 is 5.91 Å². The third kappa shape index (κ3) is 8.75. The molecule has 0 aromatic heterocycles. The highest BCUT2D eigenvalue weighted by atomic mass is 16.5. The number of benzene rings is 3. The highest BCUT2D eigenvalue weighted by molar-refractivity contribution is 5.94. The summed E-state index contributed by atoms with van der Waals surface area (Å²) in [7, 11) is 0. The zero-order valence-corrected chi connectivity index (χ0v) is 21.9. The molecule has 192 valence electrons. The van der Waals surface area contributed by atoms with Crippen molar-refractivity contribution in [2.24, 2.45) is 0 Å². The summed E-state index contributed by atoms with van der Waals surface area (Å²) in [5.41, 5.74) is 3.10. The van der Waals surface area contributed by atoms with Crippen LogP contribution in [-0.4, -0.2) is 25.7 Å². The molecule has 0 heterocycles. The Bertz CT molecular complexity index is 981. The summed E-state index contributed by atoms with van der Waals surface area (Å²) >= 11 is 0. The van der Waals surface area contributed by atoms with E-state index in [1.807, 2.05) is 30.3 Å². The zero-order valence-electron chi connectivity index (χ0n) is 21.9. The van der Waals surface area contributed by atoms with Crippen LogP contribution in [0.15, 0.2) is 78.9 Å². The normalized spacial score (nSPS) is 10.9. The topological polar surface area (TPSA) is 47.6 Å². The first-order valence-electron chi connectivity index (χ1n) is 13.5. The number of amides is 1. The molecular formula is C32H41NO3. The van der Waals surface area contributed by atoms with Gasteiger partial charge >= 0.3 is 0 Å². The standard InChI is InChI=1S/C32H41NO3/c1-3-5-13-23-35-30-20-19-28(25-31(30)36-24-14-6-4-2)32(34)33-22-21-29(26-15-9-7-10-16-26)27-17-11-8-12-18-27/h7-12,15-20,25,29H,3-6,13-14,21-24H2,1-2H3,(H,33,34). The van der Waals surface area contributed by atoms with Gasteiger partial charge in [-0.25, -0.2) is 0 Å². The molecule has 1 amide bonds. The average Bonchev–Trinajstić information content (AvgIpc) is 2.93. The lowest BCUT2D eigenvalue weighted by atomic mass is 9.88. The molecule has 4 heteroatoms. The Morgan fingerprint density at radius 3 is 1.83 bits per heavy atom. The molecule has 0 atom stereocenters. The van der Waals surface area contributed by atoms with E-state index in [2.05, 4.69) is 67.7 Å². The molecule has 3 aromatic carbocycles. The smallest absolute Gasteiger partial charge is 0.251 e. The van der Waals surface area contributed by atoms with Gasteiger partial charge in [-0.05, 0) is 48.6 Å². The van der Waals surface area contributed by atoms with Crippen LogP contribution in [0.5, 0.6) is 11.5 Å². The monoisotopic (exact) mass is 487 g/mol. The molecule has 0 aliphatic carbocycles. The van der Waals surface area contributed by atoms with Crippen LogP contribution in [0.2, 0.25) is 0 Å². The Kier molecular flexibility index (Phi) is 11.9. The number of unbranched alkanes of at least 4 members (excludes halogenated alkanes) is 4. The van der Waals surface area contributed by atoms with Crippen LogP contribution in [-0.2, 0) is 0 Å². The van der Waals surface area contributed by atoms with Gasteiger partial charge in [0.25, 0.3) is 5.91 Å². The summed E-state index contributed by atoms with van der Waals surface area (Å²) in [5.74, 6) is 1.50. The minimum absolute atomic E-state index is 0.0918. The van der Waals surface area contributed by atoms with E-state index in [1.54, 1.807) is 0 Å². The molecule has 0 saturated carbocycles. The van der Waals surface area contributed by atoms with Gasteiger partial charge in [-0.3, -0.25) is 4.79 Å². The van der Waals surface area contributed by atoms with Crippen molar-refractivity contribution in [1.29, 1.82) is 0 Å². The molecule has 3 rings (SSSR count). The highest BCUT2D eigenvalue weighted by Crippen LogP contribution is 2.30. The Balaban J connectivity index is 1.64. The summed E-state index contributed by atoms with van der Waals surface area (Å²) in [6.07, 6.45) is 7.37. The molecule has 0 saturated heterocycles. The molecule has 0 unspecified atom stereocenters. The Hall–Kier alpha value is -3.27. The number of ether oxygens (including phenoxy) is 2. The number of carbonyl (C=O) groups is 1. The molecule has 0 fully saturated rings. The maximum absolute atomic E-state index is 13.0. The van der Waals surface area contributed by atoms with E-state index < -0.39 is 0 Å². The summed E-state index contributed by atoms with van der Waals surface area (Å²) in [6.45, 7) is 6.21. The summed E-state index contributed by atoms with van der Waals surface area (Å²) in [5, 5.41) is 3.12. The second-order valence-corrected chi connectivity index (χ2v) is 9.19. The predicted molar refractivity (Wildman–Crippen MR) is 148 cm³/mol. The minimum atomic E-state index is -0.0918. The second kappa shape index (κ2) is 15.7. The lowest BCUT2D eigenvalue weighted by molar-refractivity contribution is 0.0952. The van der Waals surface area contributed by atoms with Gasteiger partial charge in [0.05, 0.1) is 13.2 Å². The quantitative estimate of drug-likeness (QED) is 0.210. The molecule has 0 aliphatic heterocycles. The molecule has 1 N–H and O–H groups in total. The van der Waals surface area contributed by atoms with E-state index >= 15 is 0 Å². The summed E-state index contributed by atoms with van der Waals surface area (Å²) in [6, 6.07) is 26.5. The van der Waals surface area contributed by atoms with Crippen LogP contribution in [0.3, 0.4) is 0 Å². The summed E-state index contributed by atoms with van der Waals surface area (Å²) in [4.78, 5) is 13.0. The van der Waals surface area contributed by atoms with Gasteiger partial charge in [-0.1, -0.05) is 100 Å². The first-order valence-corrected chi connectivity index (χ1v) is 13.5. The van der Waals surface area contributed by atoms with E-state index in [4.69, 9.17) is 9.47 Å². The second-order valence-electron chi connectivity index (χ2n) is 9.19. The van der Waals surface area contributed by atoms with Crippen molar-refractivity contribution in [2.45, 2.75) is 64.7 Å². The Morgan fingerprint density at radius 2 is 1.28 bits per heavy atom. The van der Waals surface area contributed by atoms with Crippen molar-refractivity contribution in [3.63, 3.8) is 0 Å². The number of rotatable bonds is 16. The van der Waals surface area contributed by atoms with Crippen molar-refractivity contribution in [3.8, 4) is 11.5 Å². The van der Waals surface area contributed by atoms with Crippen LogP contribution in [0.1, 0.15) is 86.2 Å². The molecular weight excluding hydrogens is 446 g/mol. The van der Waals surface area contributed by atoms with Gasteiger partial charge in [-0.15, -0.1) is 0 Å². The van der Waals surface area contributed by atoms with Crippen molar-refractivity contribution in [2.75, 3.05) is 19.8 Å². The minimum Gasteiger partial charge on any atom is -0.490 e. The van der Waals surface area contributed by atoms with Crippen molar-refractivity contribution < 1.29 is 14.3 Å². The Morgan fingerprint density at radius 1 is 0.722 bits per heavy atom. The maximum Gasteiger partial charge on any atom is 0.251 e. The zero-order chi connectivity index (χ0) is 25.4. The number of nitrogens with one attached hydrogen (secondary N) is 1. The van der Waals surface area contributed by atoms with Gasteiger partial charge in [0, 0.05) is 18.0 Å². The fourth-order valence-corrected chi connectivity index (χ4v) is 4.28. The van der Waals surface area contributed by atoms with Crippen LogP contribution in [0.25, 0.3) is 0 Å². The van der Waals surface area contributed by atoms with Crippen LogP contribution in [0.4, 0.5) is 0 Å². The lowest BCUT2D eigenvalue weighted by Gasteiger charge is -2.19. The maximum atomic E-state index is 13.0. The van der Waals surface area contributed by atoms with Crippen LogP contribution >= 0.6 is 0 Å². The highest BCUT2D eigenvalue weighted by Gasteiger charge is 2.16. The van der Waals surface area contributed by atoms with Gasteiger partial charge in [0.1, 0.15) is 0 Å². The van der Waals surface area contributed by atoms with Gasteiger partial charge in [0.15, 0.2) is 11.5 Å². The van der Waals surface area contributed by atoms with Crippen LogP contribution in [0, 0.1) is 0 Å². The number of carbonyl (C=O) groups excluding carboxylic acids is 1. The first kappa shape index (κ1) is 27.3. The largest absolute Gasteiger partial charge is 0.490 e. The third-order valence-electron chi connectivity index (χ3n) is 6.34. The summed E-state index contributed by atoms with van der Waals surface area (Å²) < 4.78 is 12.0. The third-order valence-corrected chi connectivity index (χ3v) is 6.34. The molecule has 36 heavy (non-hydrogen) atoms. The molecule has 0 radical (unpaired) electrons. The lowest BCUT2D eigenvalue weighted by Crippen LogP contribution is -2.26. The fourth-order valence-electron chi connectivity index (χ4n) is 4.28. The SMILES string of the molecule is CCCCCOc1ccc(C(=O)NCCC(c2ccccc2)c2ccccc2)cc1OCCCCC. The molecule has 0 aliphatic rings. The Labute approximate surface area is 217 Å². The fraction of sp³-hybridized carbons (Fsp3) is 0.406. The average molecular weight is 488 g/mol. The predicted octanol–water partition coefficient (Wildman–Crippen LogP) is 7.78.